The number of carboxylic acid groups (broad SMARTS) is 1. The number of hydrogen-bond donors (Lipinski definition) is 4. The van der Waals surface area contributed by atoms with E-state index in [4.69, 9.17) is 5.11 Å². The Bertz CT molecular complexity index is 560. The fourth-order valence-electron chi connectivity index (χ4n) is 1.56. The Kier molecular flexibility index (Phi) is 3.61. The molecule has 2 amide bonds. The number of thioether (sulfide) groups is 1. The van der Waals surface area contributed by atoms with Crippen LogP contribution < -0.4 is 10.6 Å². The third kappa shape index (κ3) is 2.79. The Labute approximate surface area is 112 Å². The number of rotatable bonds is 3. The molecule has 7 nitrogen and oxygen atoms in total. The van der Waals surface area contributed by atoms with Crippen molar-refractivity contribution in [1.29, 1.82) is 0 Å². The van der Waals surface area contributed by atoms with Gasteiger partial charge in [0.15, 0.2) is 5.75 Å². The summed E-state index contributed by atoms with van der Waals surface area (Å²) in [6, 6.07) is 3.32. The van der Waals surface area contributed by atoms with Crippen molar-refractivity contribution in [3.8, 4) is 5.75 Å². The van der Waals surface area contributed by atoms with E-state index in [9.17, 15) is 19.5 Å². The van der Waals surface area contributed by atoms with Crippen molar-refractivity contribution < 1.29 is 24.6 Å². The molecule has 0 spiro atoms. The Hall–Kier alpha value is -2.22. The van der Waals surface area contributed by atoms with Gasteiger partial charge in [-0.25, -0.2) is 4.79 Å². The number of carboxylic acids is 1. The van der Waals surface area contributed by atoms with E-state index in [0.29, 0.717) is 5.75 Å². The first-order valence-electron chi connectivity index (χ1n) is 5.28. The van der Waals surface area contributed by atoms with Crippen LogP contribution in [0.4, 0.5) is 10.5 Å². The molecule has 1 aromatic carbocycles. The van der Waals surface area contributed by atoms with Crippen LogP contribution in [-0.2, 0) is 4.79 Å². The summed E-state index contributed by atoms with van der Waals surface area (Å²) in [7, 11) is 0. The van der Waals surface area contributed by atoms with Crippen LogP contribution >= 0.6 is 11.8 Å². The Morgan fingerprint density at radius 1 is 1.42 bits per heavy atom. The van der Waals surface area contributed by atoms with Crippen molar-refractivity contribution in [2.24, 2.45) is 0 Å². The minimum absolute atomic E-state index is 0.00366. The number of benzene rings is 1. The maximum absolute atomic E-state index is 11.8. The summed E-state index contributed by atoms with van der Waals surface area (Å²) in [5, 5.41) is 23.1. The Morgan fingerprint density at radius 2 is 2.16 bits per heavy atom. The number of para-hydroxylation sites is 1. The number of phenols is 1. The number of carbonyl (C=O) groups is 3. The van der Waals surface area contributed by atoms with Gasteiger partial charge < -0.3 is 20.8 Å². The number of amides is 2. The molecule has 1 heterocycles. The number of anilines is 1. The van der Waals surface area contributed by atoms with Gasteiger partial charge in [-0.15, -0.1) is 0 Å². The largest absolute Gasteiger partial charge is 0.505 e. The van der Waals surface area contributed by atoms with Crippen LogP contribution in [0.25, 0.3) is 0 Å². The van der Waals surface area contributed by atoms with Crippen molar-refractivity contribution in [2.45, 2.75) is 6.04 Å². The molecule has 100 valence electrons. The summed E-state index contributed by atoms with van der Waals surface area (Å²) in [6.45, 7) is 0. The van der Waals surface area contributed by atoms with Gasteiger partial charge in [-0.2, -0.15) is 0 Å². The average Bonchev–Trinajstić information content (AvgIpc) is 2.78. The fourth-order valence-corrected chi connectivity index (χ4v) is 2.34. The van der Waals surface area contributed by atoms with E-state index >= 15 is 0 Å². The van der Waals surface area contributed by atoms with Gasteiger partial charge in [0.05, 0.1) is 5.69 Å². The van der Waals surface area contributed by atoms with Gasteiger partial charge in [0.25, 0.3) is 5.24 Å². The van der Waals surface area contributed by atoms with Gasteiger partial charge in [-0.3, -0.25) is 9.59 Å². The van der Waals surface area contributed by atoms with E-state index in [1.54, 1.807) is 0 Å². The molecule has 1 aromatic rings. The zero-order valence-electron chi connectivity index (χ0n) is 9.54. The lowest BCUT2D eigenvalue weighted by atomic mass is 10.1. The molecular formula is C11H10N2O5S. The van der Waals surface area contributed by atoms with E-state index in [1.165, 1.54) is 18.2 Å². The third-order valence-corrected chi connectivity index (χ3v) is 3.39. The second kappa shape index (κ2) is 5.19. The van der Waals surface area contributed by atoms with Crippen molar-refractivity contribution in [1.82, 2.24) is 5.32 Å². The second-order valence-electron chi connectivity index (χ2n) is 3.79. The van der Waals surface area contributed by atoms with E-state index < -0.39 is 23.7 Å². The highest BCUT2D eigenvalue weighted by Gasteiger charge is 2.28. The number of aromatic hydroxyl groups is 1. The van der Waals surface area contributed by atoms with E-state index in [0.717, 1.165) is 11.8 Å². The lowest BCUT2D eigenvalue weighted by Crippen LogP contribution is -2.38. The molecule has 1 aliphatic heterocycles. The molecule has 19 heavy (non-hydrogen) atoms. The van der Waals surface area contributed by atoms with E-state index in [-0.39, 0.29) is 16.5 Å². The minimum Gasteiger partial charge on any atom is -0.505 e. The lowest BCUT2D eigenvalue weighted by molar-refractivity contribution is -0.117. The maximum Gasteiger partial charge on any atom is 0.339 e. The monoisotopic (exact) mass is 282 g/mol. The van der Waals surface area contributed by atoms with Crippen molar-refractivity contribution >= 4 is 34.6 Å². The third-order valence-electron chi connectivity index (χ3n) is 2.51. The molecular weight excluding hydrogens is 272 g/mol. The maximum atomic E-state index is 11.8. The van der Waals surface area contributed by atoms with Gasteiger partial charge in [0.1, 0.15) is 11.6 Å². The van der Waals surface area contributed by atoms with Crippen molar-refractivity contribution in [2.75, 3.05) is 11.1 Å². The topological polar surface area (TPSA) is 116 Å². The predicted octanol–water partition coefficient (Wildman–Crippen LogP) is 0.854. The van der Waals surface area contributed by atoms with Crippen molar-refractivity contribution in [3.63, 3.8) is 0 Å². The first kappa shape index (κ1) is 13.2. The number of carbonyl (C=O) groups excluding carboxylic acids is 2. The van der Waals surface area contributed by atoms with E-state index in [2.05, 4.69) is 10.6 Å². The van der Waals surface area contributed by atoms with Crippen LogP contribution in [0.15, 0.2) is 18.2 Å². The fraction of sp³-hybridized carbons (Fsp3) is 0.182. The summed E-state index contributed by atoms with van der Waals surface area (Å²) in [5.74, 6) is -2.01. The molecule has 8 heteroatoms. The lowest BCUT2D eigenvalue weighted by Gasteiger charge is -2.12. The first-order valence-corrected chi connectivity index (χ1v) is 6.27. The summed E-state index contributed by atoms with van der Waals surface area (Å²) in [6.07, 6.45) is 0. The highest BCUT2D eigenvalue weighted by molar-refractivity contribution is 8.14. The molecule has 0 saturated carbocycles. The smallest absolute Gasteiger partial charge is 0.339 e. The van der Waals surface area contributed by atoms with E-state index in [1.807, 2.05) is 0 Å². The zero-order valence-corrected chi connectivity index (χ0v) is 10.4. The summed E-state index contributed by atoms with van der Waals surface area (Å²) in [4.78, 5) is 33.6. The average molecular weight is 282 g/mol. The standard InChI is InChI=1S/C11H10N2O5S/c14-8-5(10(16)17)2-1-3-6(8)12-9(15)7-4-19-11(18)13-7/h1-3,7,14H,4H2,(H,12,15)(H,13,18)(H,16,17). The minimum atomic E-state index is -1.29. The molecule has 0 radical (unpaired) electrons. The number of hydrogen-bond acceptors (Lipinski definition) is 5. The van der Waals surface area contributed by atoms with Crippen LogP contribution in [0.5, 0.6) is 5.75 Å². The van der Waals surface area contributed by atoms with Crippen LogP contribution in [0.1, 0.15) is 10.4 Å². The highest BCUT2D eigenvalue weighted by atomic mass is 32.2. The van der Waals surface area contributed by atoms with Gasteiger partial charge in [-0.1, -0.05) is 17.8 Å². The molecule has 1 unspecified atom stereocenters. The zero-order chi connectivity index (χ0) is 14.0. The summed E-state index contributed by atoms with van der Waals surface area (Å²) >= 11 is 0.989. The van der Waals surface area contributed by atoms with Crippen LogP contribution in [0.3, 0.4) is 0 Å². The molecule has 0 bridgehead atoms. The van der Waals surface area contributed by atoms with Crippen LogP contribution in [0.2, 0.25) is 0 Å². The Morgan fingerprint density at radius 3 is 2.74 bits per heavy atom. The number of nitrogens with one attached hydrogen (secondary N) is 2. The van der Waals surface area contributed by atoms with Gasteiger partial charge in [0, 0.05) is 5.75 Å². The molecule has 0 aliphatic carbocycles. The molecule has 4 N–H and O–H groups in total. The number of aromatic carboxylic acids is 1. The van der Waals surface area contributed by atoms with Crippen molar-refractivity contribution in [3.05, 3.63) is 23.8 Å². The first-order chi connectivity index (χ1) is 8.99. The SMILES string of the molecule is O=C1NC(C(=O)Nc2cccc(C(=O)O)c2O)CS1. The van der Waals surface area contributed by atoms with Gasteiger partial charge in [0.2, 0.25) is 5.91 Å². The summed E-state index contributed by atoms with van der Waals surface area (Å²) in [5.41, 5.74) is -0.307. The molecule has 1 fully saturated rings. The van der Waals surface area contributed by atoms with Crippen LogP contribution in [-0.4, -0.2) is 39.1 Å². The predicted molar refractivity (Wildman–Crippen MR) is 68.5 cm³/mol. The molecule has 1 saturated heterocycles. The van der Waals surface area contributed by atoms with Crippen LogP contribution in [0, 0.1) is 0 Å². The Balaban J connectivity index is 2.15. The second-order valence-corrected chi connectivity index (χ2v) is 4.78. The van der Waals surface area contributed by atoms with Gasteiger partial charge in [-0.05, 0) is 12.1 Å². The normalized spacial score (nSPS) is 17.9. The highest BCUT2D eigenvalue weighted by Crippen LogP contribution is 2.28. The quantitative estimate of drug-likeness (QED) is 0.611. The molecule has 0 aromatic heterocycles. The molecule has 1 atom stereocenters. The summed E-state index contributed by atoms with van der Waals surface area (Å²) < 4.78 is 0. The van der Waals surface area contributed by atoms with Gasteiger partial charge >= 0.3 is 5.97 Å². The molecule has 2 rings (SSSR count). The molecule has 1 aliphatic rings.